The molecule has 0 saturated heterocycles. The summed E-state index contributed by atoms with van der Waals surface area (Å²) in [4.78, 5) is 8.66. The molecule has 0 aliphatic heterocycles. The zero-order valence-corrected chi connectivity index (χ0v) is 11.4. The summed E-state index contributed by atoms with van der Waals surface area (Å²) in [6.45, 7) is 3.85. The summed E-state index contributed by atoms with van der Waals surface area (Å²) in [7, 11) is 0. The number of nitrogens with two attached hydrogens (primary N) is 1. The van der Waals surface area contributed by atoms with Gasteiger partial charge in [0, 0.05) is 23.7 Å². The molecule has 0 bridgehead atoms. The third-order valence-corrected chi connectivity index (χ3v) is 3.05. The highest BCUT2D eigenvalue weighted by Gasteiger charge is 2.10. The Kier molecular flexibility index (Phi) is 4.24. The zero-order valence-electron chi connectivity index (χ0n) is 11.4. The average Bonchev–Trinajstić information content (AvgIpc) is 2.39. The lowest BCUT2D eigenvalue weighted by Crippen LogP contribution is -2.14. The lowest BCUT2D eigenvalue weighted by atomic mass is 10.1. The van der Waals surface area contributed by atoms with E-state index in [0.717, 1.165) is 23.7 Å². The summed E-state index contributed by atoms with van der Waals surface area (Å²) in [6.07, 6.45) is 0.976. The van der Waals surface area contributed by atoms with Gasteiger partial charge in [0.15, 0.2) is 0 Å². The Morgan fingerprint density at radius 2 is 1.80 bits per heavy atom. The van der Waals surface area contributed by atoms with Gasteiger partial charge in [-0.05, 0) is 31.0 Å². The monoisotopic (exact) mass is 278 g/mol. The quantitative estimate of drug-likeness (QED) is 0.666. The SMILES string of the molecule is CCc1nc(Cc2cc(F)cc(F)c2)nc(NN)c1C. The summed E-state index contributed by atoms with van der Waals surface area (Å²) in [5.41, 5.74) is 4.74. The van der Waals surface area contributed by atoms with E-state index in [1.807, 2.05) is 13.8 Å². The number of hydrazine groups is 1. The van der Waals surface area contributed by atoms with Gasteiger partial charge >= 0.3 is 0 Å². The van der Waals surface area contributed by atoms with Crippen LogP contribution < -0.4 is 11.3 Å². The van der Waals surface area contributed by atoms with Crippen LogP contribution in [0.25, 0.3) is 0 Å². The number of nitrogen functional groups attached to an aromatic ring is 1. The lowest BCUT2D eigenvalue weighted by molar-refractivity contribution is 0.580. The highest BCUT2D eigenvalue weighted by atomic mass is 19.1. The van der Waals surface area contributed by atoms with Gasteiger partial charge in [-0.1, -0.05) is 6.92 Å². The number of benzene rings is 1. The molecule has 106 valence electrons. The first-order valence-corrected chi connectivity index (χ1v) is 6.31. The Labute approximate surface area is 116 Å². The summed E-state index contributed by atoms with van der Waals surface area (Å²) in [5.74, 6) is 5.21. The molecule has 0 saturated carbocycles. The number of halogens is 2. The Balaban J connectivity index is 2.38. The first kappa shape index (κ1) is 14.3. The molecule has 0 spiro atoms. The highest BCUT2D eigenvalue weighted by Crippen LogP contribution is 2.17. The minimum absolute atomic E-state index is 0.247. The van der Waals surface area contributed by atoms with Crippen molar-refractivity contribution in [2.75, 3.05) is 5.43 Å². The Bertz CT molecular complexity index is 583. The maximum atomic E-state index is 13.2. The van der Waals surface area contributed by atoms with E-state index < -0.39 is 11.6 Å². The molecule has 0 fully saturated rings. The Morgan fingerprint density at radius 1 is 1.15 bits per heavy atom. The van der Waals surface area contributed by atoms with Crippen LogP contribution in [0, 0.1) is 18.6 Å². The molecule has 1 heterocycles. The maximum absolute atomic E-state index is 13.2. The molecule has 0 unspecified atom stereocenters. The molecule has 2 aromatic rings. The van der Waals surface area contributed by atoms with Crippen LogP contribution in [0.15, 0.2) is 18.2 Å². The van der Waals surface area contributed by atoms with E-state index in [-0.39, 0.29) is 6.42 Å². The van der Waals surface area contributed by atoms with Gasteiger partial charge in [-0.25, -0.2) is 24.6 Å². The topological polar surface area (TPSA) is 63.8 Å². The standard InChI is InChI=1S/C14H16F2N4/c1-3-12-8(2)14(20-17)19-13(18-12)6-9-4-10(15)7-11(16)5-9/h4-5,7H,3,6,17H2,1-2H3,(H,18,19,20). The average molecular weight is 278 g/mol. The Morgan fingerprint density at radius 3 is 2.35 bits per heavy atom. The van der Waals surface area contributed by atoms with Crippen LogP contribution in [-0.4, -0.2) is 9.97 Å². The summed E-state index contributed by atoms with van der Waals surface area (Å²) in [5, 5.41) is 0. The number of nitrogens with zero attached hydrogens (tertiary/aromatic N) is 2. The largest absolute Gasteiger partial charge is 0.308 e. The van der Waals surface area contributed by atoms with Gasteiger partial charge in [-0.2, -0.15) is 0 Å². The summed E-state index contributed by atoms with van der Waals surface area (Å²) < 4.78 is 26.3. The number of hydrogen-bond acceptors (Lipinski definition) is 4. The van der Waals surface area contributed by atoms with Crippen molar-refractivity contribution < 1.29 is 8.78 Å². The number of nitrogens with one attached hydrogen (secondary N) is 1. The van der Waals surface area contributed by atoms with Gasteiger partial charge in [-0.3, -0.25) is 0 Å². The smallest absolute Gasteiger partial charge is 0.146 e. The molecule has 20 heavy (non-hydrogen) atoms. The van der Waals surface area contributed by atoms with E-state index in [4.69, 9.17) is 5.84 Å². The second kappa shape index (κ2) is 5.92. The third kappa shape index (κ3) is 3.08. The summed E-state index contributed by atoms with van der Waals surface area (Å²) in [6, 6.07) is 3.38. The molecule has 0 amide bonds. The van der Waals surface area contributed by atoms with Gasteiger partial charge in [0.05, 0.1) is 0 Å². The van der Waals surface area contributed by atoms with Crippen molar-refractivity contribution in [2.45, 2.75) is 26.7 Å². The van der Waals surface area contributed by atoms with E-state index in [9.17, 15) is 8.78 Å². The van der Waals surface area contributed by atoms with Gasteiger partial charge in [0.2, 0.25) is 0 Å². The van der Waals surface area contributed by atoms with E-state index in [0.29, 0.717) is 17.2 Å². The van der Waals surface area contributed by atoms with Gasteiger partial charge < -0.3 is 5.43 Å². The molecule has 0 aliphatic rings. The zero-order chi connectivity index (χ0) is 14.7. The van der Waals surface area contributed by atoms with E-state index in [1.54, 1.807) is 0 Å². The first-order valence-electron chi connectivity index (χ1n) is 6.31. The predicted octanol–water partition coefficient (Wildman–Crippen LogP) is 2.50. The van der Waals surface area contributed by atoms with Gasteiger partial charge in [-0.15, -0.1) is 0 Å². The van der Waals surface area contributed by atoms with E-state index >= 15 is 0 Å². The summed E-state index contributed by atoms with van der Waals surface area (Å²) >= 11 is 0. The molecular weight excluding hydrogens is 262 g/mol. The number of rotatable bonds is 4. The van der Waals surface area contributed by atoms with Crippen LogP contribution in [0.4, 0.5) is 14.6 Å². The lowest BCUT2D eigenvalue weighted by Gasteiger charge is -2.11. The fourth-order valence-electron chi connectivity index (χ4n) is 2.07. The van der Waals surface area contributed by atoms with Crippen LogP contribution in [0.3, 0.4) is 0 Å². The molecule has 0 atom stereocenters. The third-order valence-electron chi connectivity index (χ3n) is 3.05. The Hall–Kier alpha value is -2.08. The molecule has 6 heteroatoms. The van der Waals surface area contributed by atoms with Crippen molar-refractivity contribution in [2.24, 2.45) is 5.84 Å². The molecular formula is C14H16F2N4. The van der Waals surface area contributed by atoms with Crippen LogP contribution in [0.5, 0.6) is 0 Å². The van der Waals surface area contributed by atoms with Gasteiger partial charge in [0.1, 0.15) is 23.3 Å². The van der Waals surface area contributed by atoms with Crippen molar-refractivity contribution in [3.8, 4) is 0 Å². The fraction of sp³-hybridized carbons (Fsp3) is 0.286. The number of aromatic nitrogens is 2. The second-order valence-corrected chi connectivity index (χ2v) is 4.51. The second-order valence-electron chi connectivity index (χ2n) is 4.51. The predicted molar refractivity (Wildman–Crippen MR) is 73.1 cm³/mol. The molecule has 4 nitrogen and oxygen atoms in total. The minimum atomic E-state index is -0.611. The normalized spacial score (nSPS) is 10.7. The molecule has 0 aliphatic carbocycles. The fourth-order valence-corrected chi connectivity index (χ4v) is 2.07. The number of hydrogen-bond donors (Lipinski definition) is 2. The molecule has 1 aromatic heterocycles. The van der Waals surface area contributed by atoms with Crippen LogP contribution in [-0.2, 0) is 12.8 Å². The van der Waals surface area contributed by atoms with Gasteiger partial charge in [0.25, 0.3) is 0 Å². The van der Waals surface area contributed by atoms with Crippen molar-refractivity contribution in [3.05, 3.63) is 52.5 Å². The maximum Gasteiger partial charge on any atom is 0.146 e. The first-order chi connectivity index (χ1) is 9.53. The molecule has 1 aromatic carbocycles. The van der Waals surface area contributed by atoms with Crippen molar-refractivity contribution in [1.82, 2.24) is 9.97 Å². The van der Waals surface area contributed by atoms with Crippen molar-refractivity contribution in [1.29, 1.82) is 0 Å². The van der Waals surface area contributed by atoms with Crippen molar-refractivity contribution >= 4 is 5.82 Å². The van der Waals surface area contributed by atoms with Crippen molar-refractivity contribution in [3.63, 3.8) is 0 Å². The van der Waals surface area contributed by atoms with E-state index in [1.165, 1.54) is 12.1 Å². The van der Waals surface area contributed by atoms with Crippen LogP contribution in [0.1, 0.15) is 29.6 Å². The molecule has 0 radical (unpaired) electrons. The molecule has 3 N–H and O–H groups in total. The molecule has 2 rings (SSSR count). The van der Waals surface area contributed by atoms with Crippen LogP contribution in [0.2, 0.25) is 0 Å². The number of aryl methyl sites for hydroxylation is 1. The highest BCUT2D eigenvalue weighted by molar-refractivity contribution is 5.45. The minimum Gasteiger partial charge on any atom is -0.308 e. The van der Waals surface area contributed by atoms with Crippen LogP contribution >= 0.6 is 0 Å². The number of anilines is 1. The van der Waals surface area contributed by atoms with E-state index in [2.05, 4.69) is 15.4 Å².